The third kappa shape index (κ3) is 2.63. The number of carbonyl (C=O) groups is 1. The maximum Gasteiger partial charge on any atom is 0.259 e. The summed E-state index contributed by atoms with van der Waals surface area (Å²) in [7, 11) is 0. The molecule has 0 spiro atoms. The van der Waals surface area contributed by atoms with Crippen molar-refractivity contribution in [3.8, 4) is 0 Å². The van der Waals surface area contributed by atoms with Crippen LogP contribution in [0.1, 0.15) is 16.8 Å². The molecule has 2 heterocycles. The lowest BCUT2D eigenvalue weighted by atomic mass is 10.2. The highest BCUT2D eigenvalue weighted by molar-refractivity contribution is 7.99. The van der Waals surface area contributed by atoms with Gasteiger partial charge >= 0.3 is 0 Å². The summed E-state index contributed by atoms with van der Waals surface area (Å²) in [5.41, 5.74) is 0.358. The van der Waals surface area contributed by atoms with Gasteiger partial charge in [-0.15, -0.1) is 10.2 Å². The molecule has 1 amide bonds. The Morgan fingerprint density at radius 3 is 3.00 bits per heavy atom. The second-order valence-corrected chi connectivity index (χ2v) is 6.14. The van der Waals surface area contributed by atoms with Crippen LogP contribution in [-0.2, 0) is 6.54 Å². The van der Waals surface area contributed by atoms with Crippen LogP contribution >= 0.6 is 35.0 Å². The number of amides is 1. The van der Waals surface area contributed by atoms with Gasteiger partial charge in [0.05, 0.1) is 10.6 Å². The summed E-state index contributed by atoms with van der Waals surface area (Å²) in [5.74, 6) is 1.15. The molecule has 2 aromatic rings. The van der Waals surface area contributed by atoms with Crippen molar-refractivity contribution in [2.75, 3.05) is 11.1 Å². The number of thioether (sulfide) groups is 1. The number of carbonyl (C=O) groups excluding carboxylic acids is 1. The summed E-state index contributed by atoms with van der Waals surface area (Å²) in [6.45, 7) is 0.805. The number of hydrogen-bond acceptors (Lipinski definition) is 4. The van der Waals surface area contributed by atoms with Crippen molar-refractivity contribution in [1.82, 2.24) is 14.8 Å². The van der Waals surface area contributed by atoms with Crippen LogP contribution in [0, 0.1) is 0 Å². The molecule has 0 aliphatic carbocycles. The Morgan fingerprint density at radius 1 is 1.35 bits per heavy atom. The predicted octanol–water partition coefficient (Wildman–Crippen LogP) is 3.33. The molecule has 0 saturated heterocycles. The van der Waals surface area contributed by atoms with Gasteiger partial charge < -0.3 is 0 Å². The quantitative estimate of drug-likeness (QED) is 0.918. The first-order valence-corrected chi connectivity index (χ1v) is 7.72. The van der Waals surface area contributed by atoms with E-state index in [1.54, 1.807) is 23.9 Å². The minimum Gasteiger partial charge on any atom is -0.290 e. The fourth-order valence-electron chi connectivity index (χ4n) is 1.92. The molecule has 1 aromatic carbocycles. The van der Waals surface area contributed by atoms with Gasteiger partial charge in [-0.2, -0.15) is 0 Å². The lowest BCUT2D eigenvalue weighted by molar-refractivity contribution is 0.102. The molecule has 0 atom stereocenters. The first kappa shape index (κ1) is 13.7. The molecule has 1 N–H and O–H groups in total. The molecule has 1 aliphatic rings. The average molecular weight is 329 g/mol. The third-order valence-corrected chi connectivity index (χ3v) is 4.48. The van der Waals surface area contributed by atoms with E-state index in [1.807, 2.05) is 4.57 Å². The number of hydrogen-bond donors (Lipinski definition) is 1. The first-order valence-electron chi connectivity index (χ1n) is 5.97. The molecule has 1 aromatic heterocycles. The molecule has 0 fully saturated rings. The molecule has 0 bridgehead atoms. The Labute approximate surface area is 129 Å². The molecule has 104 valence electrons. The number of rotatable bonds is 2. The van der Waals surface area contributed by atoms with Crippen LogP contribution in [0.15, 0.2) is 23.4 Å². The summed E-state index contributed by atoms with van der Waals surface area (Å²) in [5, 5.41) is 12.4. The van der Waals surface area contributed by atoms with Gasteiger partial charge in [-0.1, -0.05) is 35.0 Å². The normalized spacial score (nSPS) is 13.9. The highest BCUT2D eigenvalue weighted by Crippen LogP contribution is 2.26. The summed E-state index contributed by atoms with van der Waals surface area (Å²) in [6, 6.07) is 4.74. The maximum atomic E-state index is 12.2. The fourth-order valence-corrected chi connectivity index (χ4v) is 3.30. The van der Waals surface area contributed by atoms with Crippen molar-refractivity contribution in [2.45, 2.75) is 18.1 Å². The molecule has 0 radical (unpaired) electrons. The van der Waals surface area contributed by atoms with Crippen LogP contribution in [0.25, 0.3) is 0 Å². The van der Waals surface area contributed by atoms with E-state index in [0.717, 1.165) is 23.9 Å². The predicted molar refractivity (Wildman–Crippen MR) is 79.8 cm³/mol. The molecule has 5 nitrogen and oxygen atoms in total. The second kappa shape index (κ2) is 5.63. The number of fused-ring (bicyclic) bond motifs is 1. The summed E-state index contributed by atoms with van der Waals surface area (Å²) < 4.78 is 1.90. The van der Waals surface area contributed by atoms with E-state index in [4.69, 9.17) is 23.2 Å². The fraction of sp³-hybridized carbons (Fsp3) is 0.250. The van der Waals surface area contributed by atoms with Crippen molar-refractivity contribution >= 4 is 46.8 Å². The molecule has 8 heteroatoms. The Balaban J connectivity index is 1.84. The van der Waals surface area contributed by atoms with E-state index < -0.39 is 0 Å². The van der Waals surface area contributed by atoms with E-state index in [9.17, 15) is 4.79 Å². The smallest absolute Gasteiger partial charge is 0.259 e. The third-order valence-electron chi connectivity index (χ3n) is 2.88. The lowest BCUT2D eigenvalue weighted by Crippen LogP contribution is -2.18. The van der Waals surface area contributed by atoms with Gasteiger partial charge in [0.15, 0.2) is 5.16 Å². The number of nitrogens with one attached hydrogen (secondary N) is 1. The zero-order valence-corrected chi connectivity index (χ0v) is 12.6. The van der Waals surface area contributed by atoms with E-state index >= 15 is 0 Å². The van der Waals surface area contributed by atoms with Crippen molar-refractivity contribution < 1.29 is 4.79 Å². The lowest BCUT2D eigenvalue weighted by Gasteiger charge is -2.14. The Bertz CT molecular complexity index is 673. The van der Waals surface area contributed by atoms with Crippen molar-refractivity contribution in [3.63, 3.8) is 0 Å². The van der Waals surface area contributed by atoms with Crippen LogP contribution in [0.5, 0.6) is 0 Å². The molecule has 20 heavy (non-hydrogen) atoms. The highest BCUT2D eigenvalue weighted by Gasteiger charge is 2.19. The molecule has 0 unspecified atom stereocenters. The minimum atomic E-state index is -0.322. The van der Waals surface area contributed by atoms with Gasteiger partial charge in [-0.05, 0) is 24.6 Å². The zero-order valence-electron chi connectivity index (χ0n) is 10.3. The van der Waals surface area contributed by atoms with Gasteiger partial charge in [0, 0.05) is 17.3 Å². The first-order chi connectivity index (χ1) is 9.65. The van der Waals surface area contributed by atoms with Crippen molar-refractivity contribution in [2.24, 2.45) is 0 Å². The van der Waals surface area contributed by atoms with E-state index in [-0.39, 0.29) is 5.91 Å². The highest BCUT2D eigenvalue weighted by atomic mass is 35.5. The summed E-state index contributed by atoms with van der Waals surface area (Å²) in [4.78, 5) is 12.2. The van der Waals surface area contributed by atoms with E-state index in [0.29, 0.717) is 21.6 Å². The second-order valence-electron chi connectivity index (χ2n) is 4.24. The van der Waals surface area contributed by atoms with Gasteiger partial charge in [0.2, 0.25) is 5.95 Å². The van der Waals surface area contributed by atoms with E-state index in [1.165, 1.54) is 6.07 Å². The summed E-state index contributed by atoms with van der Waals surface area (Å²) >= 11 is 13.5. The number of halogens is 2. The van der Waals surface area contributed by atoms with Crippen LogP contribution in [-0.4, -0.2) is 26.4 Å². The minimum absolute atomic E-state index is 0.308. The molecule has 0 saturated carbocycles. The standard InChI is InChI=1S/C12H10Cl2N4OS/c13-7-2-3-8(9(14)6-7)10(19)15-11-16-17-12-18(11)4-1-5-20-12/h2-3,6H,1,4-5H2,(H,15,16,19). The number of anilines is 1. The van der Waals surface area contributed by atoms with Gasteiger partial charge in [0.25, 0.3) is 5.91 Å². The topological polar surface area (TPSA) is 59.8 Å². The Kier molecular flexibility index (Phi) is 3.87. The monoisotopic (exact) mass is 328 g/mol. The summed E-state index contributed by atoms with van der Waals surface area (Å²) in [6.07, 6.45) is 1.03. The van der Waals surface area contributed by atoms with Crippen LogP contribution in [0.3, 0.4) is 0 Å². The molecular formula is C12H10Cl2N4OS. The number of benzene rings is 1. The Hall–Kier alpha value is -1.24. The number of nitrogens with zero attached hydrogens (tertiary/aromatic N) is 3. The number of aromatic nitrogens is 3. The maximum absolute atomic E-state index is 12.2. The largest absolute Gasteiger partial charge is 0.290 e. The van der Waals surface area contributed by atoms with Crippen molar-refractivity contribution in [3.05, 3.63) is 33.8 Å². The van der Waals surface area contributed by atoms with Crippen LogP contribution < -0.4 is 5.32 Å². The SMILES string of the molecule is O=C(Nc1nnc2n1CCCS2)c1ccc(Cl)cc1Cl. The van der Waals surface area contributed by atoms with Gasteiger partial charge in [-0.3, -0.25) is 14.7 Å². The average Bonchev–Trinajstić information content (AvgIpc) is 2.82. The molecule has 1 aliphatic heterocycles. The van der Waals surface area contributed by atoms with Crippen LogP contribution in [0.4, 0.5) is 5.95 Å². The molecular weight excluding hydrogens is 319 g/mol. The molecule has 3 rings (SSSR count). The van der Waals surface area contributed by atoms with Gasteiger partial charge in [0.1, 0.15) is 0 Å². The van der Waals surface area contributed by atoms with E-state index in [2.05, 4.69) is 15.5 Å². The van der Waals surface area contributed by atoms with Crippen molar-refractivity contribution in [1.29, 1.82) is 0 Å². The Morgan fingerprint density at radius 2 is 2.20 bits per heavy atom. The van der Waals surface area contributed by atoms with Gasteiger partial charge in [-0.25, -0.2) is 0 Å². The zero-order chi connectivity index (χ0) is 14.1. The van der Waals surface area contributed by atoms with Crippen LogP contribution in [0.2, 0.25) is 10.0 Å².